The van der Waals surface area contributed by atoms with E-state index in [2.05, 4.69) is 0 Å². The Bertz CT molecular complexity index is 886. The highest BCUT2D eigenvalue weighted by Gasteiger charge is 2.58. The monoisotopic (exact) mass is 454 g/mol. The second-order valence-corrected chi connectivity index (χ2v) is 9.86. The number of carbonyl (C=O) groups excluding carboxylic acids is 3. The molecule has 2 rings (SSSR count). The topological polar surface area (TPSA) is 113 Å². The van der Waals surface area contributed by atoms with E-state index < -0.39 is 45.0 Å². The van der Waals surface area contributed by atoms with E-state index in [-0.39, 0.29) is 43.1 Å². The van der Waals surface area contributed by atoms with E-state index in [4.69, 9.17) is 14.2 Å². The lowest BCUT2D eigenvalue weighted by Gasteiger charge is -2.24. The molecule has 0 saturated heterocycles. The first-order valence-corrected chi connectivity index (χ1v) is 12.0. The van der Waals surface area contributed by atoms with Crippen LogP contribution in [0.25, 0.3) is 0 Å². The Kier molecular flexibility index (Phi) is 8.22. The highest BCUT2D eigenvalue weighted by atomic mass is 32.2. The van der Waals surface area contributed by atoms with Crippen molar-refractivity contribution < 1.29 is 37.0 Å². The van der Waals surface area contributed by atoms with Crippen molar-refractivity contribution in [1.29, 1.82) is 0 Å². The van der Waals surface area contributed by atoms with Crippen LogP contribution in [0.15, 0.2) is 29.2 Å². The van der Waals surface area contributed by atoms with Crippen LogP contribution in [0.4, 0.5) is 0 Å². The van der Waals surface area contributed by atoms with Crippen LogP contribution in [0, 0.1) is 24.2 Å². The number of esters is 3. The first-order valence-electron chi connectivity index (χ1n) is 10.3. The van der Waals surface area contributed by atoms with Gasteiger partial charge in [0.2, 0.25) is 0 Å². The smallest absolute Gasteiger partial charge is 0.323 e. The van der Waals surface area contributed by atoms with Crippen molar-refractivity contribution in [2.24, 2.45) is 17.3 Å². The zero-order chi connectivity index (χ0) is 23.2. The van der Waals surface area contributed by atoms with Gasteiger partial charge >= 0.3 is 17.9 Å². The number of methoxy groups -OCH3 is 1. The van der Waals surface area contributed by atoms with Gasteiger partial charge in [0.1, 0.15) is 0 Å². The molecule has 8 nitrogen and oxygen atoms in total. The third-order valence-electron chi connectivity index (χ3n) is 5.69. The van der Waals surface area contributed by atoms with E-state index >= 15 is 0 Å². The predicted octanol–water partition coefficient (Wildman–Crippen LogP) is 2.47. The molecule has 0 bridgehead atoms. The van der Waals surface area contributed by atoms with Crippen LogP contribution in [0.5, 0.6) is 0 Å². The van der Waals surface area contributed by atoms with E-state index in [1.54, 1.807) is 26.0 Å². The summed E-state index contributed by atoms with van der Waals surface area (Å²) in [7, 11) is -2.48. The SMILES string of the molecule is CCOC(=O)C1(C(=O)OCC)C[C@H](CS(=O)(=O)c2ccc(C)cc2)[C@@H](CC(=O)OC)C1. The Balaban J connectivity index is 2.41. The van der Waals surface area contributed by atoms with Crippen LogP contribution >= 0.6 is 0 Å². The molecule has 31 heavy (non-hydrogen) atoms. The van der Waals surface area contributed by atoms with Gasteiger partial charge in [-0.3, -0.25) is 14.4 Å². The van der Waals surface area contributed by atoms with Crippen molar-refractivity contribution in [2.75, 3.05) is 26.1 Å². The van der Waals surface area contributed by atoms with Gasteiger partial charge in [-0.25, -0.2) is 8.42 Å². The molecule has 172 valence electrons. The molecule has 0 aliphatic heterocycles. The van der Waals surface area contributed by atoms with Gasteiger partial charge in [-0.1, -0.05) is 17.7 Å². The zero-order valence-electron chi connectivity index (χ0n) is 18.4. The molecule has 1 aliphatic rings. The Morgan fingerprint density at radius 1 is 0.968 bits per heavy atom. The van der Waals surface area contributed by atoms with Crippen LogP contribution in [0.2, 0.25) is 0 Å². The summed E-state index contributed by atoms with van der Waals surface area (Å²) >= 11 is 0. The minimum Gasteiger partial charge on any atom is -0.469 e. The number of aryl methyl sites for hydroxylation is 1. The van der Waals surface area contributed by atoms with E-state index in [9.17, 15) is 22.8 Å². The number of rotatable bonds is 9. The summed E-state index contributed by atoms with van der Waals surface area (Å²) < 4.78 is 41.2. The van der Waals surface area contributed by atoms with Crippen LogP contribution in [-0.2, 0) is 38.4 Å². The van der Waals surface area contributed by atoms with Gasteiger partial charge in [0.15, 0.2) is 15.3 Å². The fourth-order valence-corrected chi connectivity index (χ4v) is 5.82. The average molecular weight is 455 g/mol. The third kappa shape index (κ3) is 5.64. The van der Waals surface area contributed by atoms with Crippen molar-refractivity contribution in [3.63, 3.8) is 0 Å². The Morgan fingerprint density at radius 3 is 1.97 bits per heavy atom. The fraction of sp³-hybridized carbons (Fsp3) is 0.591. The molecular weight excluding hydrogens is 424 g/mol. The summed E-state index contributed by atoms with van der Waals surface area (Å²) in [4.78, 5) is 37.8. The van der Waals surface area contributed by atoms with Crippen LogP contribution in [0.1, 0.15) is 38.7 Å². The molecule has 1 saturated carbocycles. The third-order valence-corrected chi connectivity index (χ3v) is 7.55. The van der Waals surface area contributed by atoms with Crippen molar-refractivity contribution in [2.45, 2.75) is 44.9 Å². The number of carbonyl (C=O) groups is 3. The standard InChI is InChI=1S/C22H30O8S/c1-5-29-20(24)22(21(25)30-6-2)12-16(11-19(23)28-4)17(13-22)14-31(26,27)18-9-7-15(3)8-10-18/h7-10,16-17H,5-6,11-14H2,1-4H3/t16-,17+/m0/s1. The number of ether oxygens (including phenoxy) is 3. The van der Waals surface area contributed by atoms with Gasteiger partial charge < -0.3 is 14.2 Å². The maximum absolute atomic E-state index is 13.1. The van der Waals surface area contributed by atoms with Gasteiger partial charge in [0.25, 0.3) is 0 Å². The van der Waals surface area contributed by atoms with Gasteiger partial charge in [-0.15, -0.1) is 0 Å². The molecule has 9 heteroatoms. The maximum atomic E-state index is 13.1. The number of sulfone groups is 1. The molecule has 0 heterocycles. The summed E-state index contributed by atoms with van der Waals surface area (Å²) in [6, 6.07) is 6.46. The highest BCUT2D eigenvalue weighted by Crippen LogP contribution is 2.49. The van der Waals surface area contributed by atoms with Gasteiger partial charge in [0.05, 0.1) is 31.0 Å². The summed E-state index contributed by atoms with van der Waals surface area (Å²) in [5, 5.41) is 0. The first kappa shape index (κ1) is 24.8. The molecule has 1 aromatic carbocycles. The molecule has 0 aromatic heterocycles. The molecule has 1 aliphatic carbocycles. The van der Waals surface area contributed by atoms with Crippen LogP contribution in [0.3, 0.4) is 0 Å². The number of hydrogen-bond donors (Lipinski definition) is 0. The first-order chi connectivity index (χ1) is 14.6. The van der Waals surface area contributed by atoms with E-state index in [0.29, 0.717) is 0 Å². The normalized spacial score (nSPS) is 20.1. The van der Waals surface area contributed by atoms with Crippen LogP contribution in [-0.4, -0.2) is 52.4 Å². The van der Waals surface area contributed by atoms with Crippen LogP contribution < -0.4 is 0 Å². The summed E-state index contributed by atoms with van der Waals surface area (Å²) in [6.45, 7) is 5.22. The van der Waals surface area contributed by atoms with Gasteiger partial charge in [-0.2, -0.15) is 0 Å². The number of benzene rings is 1. The highest BCUT2D eigenvalue weighted by molar-refractivity contribution is 7.91. The Labute approximate surface area is 183 Å². The van der Waals surface area contributed by atoms with Crippen molar-refractivity contribution in [3.8, 4) is 0 Å². The van der Waals surface area contributed by atoms with E-state index in [0.717, 1.165) is 5.56 Å². The quantitative estimate of drug-likeness (QED) is 0.318. The summed E-state index contributed by atoms with van der Waals surface area (Å²) in [6.07, 6.45) is -0.212. The second kappa shape index (κ2) is 10.3. The molecule has 0 N–H and O–H groups in total. The molecular formula is C22H30O8S. The summed E-state index contributed by atoms with van der Waals surface area (Å²) in [5.41, 5.74) is -0.718. The van der Waals surface area contributed by atoms with Crippen molar-refractivity contribution in [3.05, 3.63) is 29.8 Å². The minimum atomic E-state index is -3.72. The lowest BCUT2D eigenvalue weighted by atomic mass is 9.84. The zero-order valence-corrected chi connectivity index (χ0v) is 19.2. The molecule has 0 spiro atoms. The Hall–Kier alpha value is -2.42. The van der Waals surface area contributed by atoms with E-state index in [1.165, 1.54) is 19.2 Å². The molecule has 0 unspecified atom stereocenters. The van der Waals surface area contributed by atoms with Crippen molar-refractivity contribution >= 4 is 27.7 Å². The molecule has 0 radical (unpaired) electrons. The largest absolute Gasteiger partial charge is 0.469 e. The molecule has 0 amide bonds. The summed E-state index contributed by atoms with van der Waals surface area (Å²) in [5.74, 6) is -3.53. The predicted molar refractivity (Wildman–Crippen MR) is 112 cm³/mol. The fourth-order valence-electron chi connectivity index (χ4n) is 4.12. The molecule has 1 aromatic rings. The molecule has 2 atom stereocenters. The van der Waals surface area contributed by atoms with Gasteiger partial charge in [0, 0.05) is 6.42 Å². The van der Waals surface area contributed by atoms with E-state index in [1.807, 2.05) is 6.92 Å². The van der Waals surface area contributed by atoms with Gasteiger partial charge in [-0.05, 0) is 57.6 Å². The van der Waals surface area contributed by atoms with Crippen molar-refractivity contribution in [1.82, 2.24) is 0 Å². The average Bonchev–Trinajstić information content (AvgIpc) is 3.07. The number of hydrogen-bond acceptors (Lipinski definition) is 8. The lowest BCUT2D eigenvalue weighted by molar-refractivity contribution is -0.172. The minimum absolute atomic E-state index is 0.0339. The lowest BCUT2D eigenvalue weighted by Crippen LogP contribution is -2.40. The second-order valence-electron chi connectivity index (χ2n) is 7.83. The molecule has 1 fully saturated rings. The Morgan fingerprint density at radius 2 is 1.48 bits per heavy atom. The maximum Gasteiger partial charge on any atom is 0.323 e.